The molecule has 1 aliphatic heterocycles. The highest BCUT2D eigenvalue weighted by Gasteiger charge is 2.27. The van der Waals surface area contributed by atoms with Crippen molar-refractivity contribution in [2.75, 3.05) is 19.7 Å². The third kappa shape index (κ3) is 4.09. The largest absolute Gasteiger partial charge is 0.488 e. The SMILES string of the molecule is OC(COc1ccccc1F)CN1CCCC1c1ccccc1. The molecule has 2 aromatic carbocycles. The van der Waals surface area contributed by atoms with Crippen LogP contribution in [0.3, 0.4) is 0 Å². The molecule has 23 heavy (non-hydrogen) atoms. The molecule has 1 saturated heterocycles. The van der Waals surface area contributed by atoms with E-state index in [0.29, 0.717) is 12.6 Å². The fraction of sp³-hybridized carbons (Fsp3) is 0.368. The van der Waals surface area contributed by atoms with Crippen molar-refractivity contribution in [3.8, 4) is 5.75 Å². The summed E-state index contributed by atoms with van der Waals surface area (Å²) in [6.07, 6.45) is 1.59. The van der Waals surface area contributed by atoms with Gasteiger partial charge in [0.2, 0.25) is 0 Å². The second-order valence-corrected chi connectivity index (χ2v) is 5.96. The summed E-state index contributed by atoms with van der Waals surface area (Å²) in [5.74, 6) is -0.212. The van der Waals surface area contributed by atoms with Gasteiger partial charge in [0, 0.05) is 12.6 Å². The Labute approximate surface area is 136 Å². The second-order valence-electron chi connectivity index (χ2n) is 5.96. The zero-order valence-corrected chi connectivity index (χ0v) is 13.1. The Morgan fingerprint density at radius 3 is 2.65 bits per heavy atom. The lowest BCUT2D eigenvalue weighted by Crippen LogP contribution is -2.35. The minimum Gasteiger partial charge on any atom is -0.488 e. The Hall–Kier alpha value is -1.91. The van der Waals surface area contributed by atoms with E-state index in [1.54, 1.807) is 18.2 Å². The topological polar surface area (TPSA) is 32.7 Å². The molecule has 0 amide bonds. The van der Waals surface area contributed by atoms with Crippen LogP contribution in [0.5, 0.6) is 5.75 Å². The van der Waals surface area contributed by atoms with E-state index in [0.717, 1.165) is 19.4 Å². The highest BCUT2D eigenvalue weighted by atomic mass is 19.1. The molecule has 1 fully saturated rings. The summed E-state index contributed by atoms with van der Waals surface area (Å²) in [7, 11) is 0. The third-order valence-corrected chi connectivity index (χ3v) is 4.26. The number of aliphatic hydroxyl groups is 1. The summed E-state index contributed by atoms with van der Waals surface area (Å²) >= 11 is 0. The van der Waals surface area contributed by atoms with E-state index >= 15 is 0 Å². The highest BCUT2D eigenvalue weighted by Crippen LogP contribution is 2.31. The van der Waals surface area contributed by atoms with E-state index in [4.69, 9.17) is 4.74 Å². The highest BCUT2D eigenvalue weighted by molar-refractivity contribution is 5.23. The Bertz CT molecular complexity index is 620. The summed E-state index contributed by atoms with van der Waals surface area (Å²) in [4.78, 5) is 2.28. The molecule has 2 unspecified atom stereocenters. The van der Waals surface area contributed by atoms with Crippen molar-refractivity contribution >= 4 is 0 Å². The summed E-state index contributed by atoms with van der Waals surface area (Å²) in [5.41, 5.74) is 1.28. The van der Waals surface area contributed by atoms with Gasteiger partial charge in [-0.3, -0.25) is 4.90 Å². The molecule has 0 aromatic heterocycles. The first-order valence-electron chi connectivity index (χ1n) is 8.08. The fourth-order valence-corrected chi connectivity index (χ4v) is 3.17. The van der Waals surface area contributed by atoms with Crippen LogP contribution >= 0.6 is 0 Å². The van der Waals surface area contributed by atoms with Crippen molar-refractivity contribution in [2.45, 2.75) is 25.0 Å². The predicted molar refractivity (Wildman–Crippen MR) is 87.9 cm³/mol. The molecule has 0 saturated carbocycles. The van der Waals surface area contributed by atoms with Crippen LogP contribution in [0.2, 0.25) is 0 Å². The van der Waals surface area contributed by atoms with Gasteiger partial charge in [-0.1, -0.05) is 42.5 Å². The lowest BCUT2D eigenvalue weighted by molar-refractivity contribution is 0.0625. The number of nitrogens with zero attached hydrogens (tertiary/aromatic N) is 1. The van der Waals surface area contributed by atoms with E-state index < -0.39 is 11.9 Å². The number of ether oxygens (including phenoxy) is 1. The zero-order valence-electron chi connectivity index (χ0n) is 13.1. The third-order valence-electron chi connectivity index (χ3n) is 4.26. The normalized spacial score (nSPS) is 19.7. The van der Waals surface area contributed by atoms with Crippen molar-refractivity contribution in [2.24, 2.45) is 0 Å². The number of hydrogen-bond donors (Lipinski definition) is 1. The average Bonchev–Trinajstić information content (AvgIpc) is 3.03. The van der Waals surface area contributed by atoms with Crippen LogP contribution in [-0.4, -0.2) is 35.8 Å². The molecular weight excluding hydrogens is 293 g/mol. The maximum Gasteiger partial charge on any atom is 0.165 e. The lowest BCUT2D eigenvalue weighted by Gasteiger charge is -2.27. The molecule has 3 rings (SSSR count). The number of hydrogen-bond acceptors (Lipinski definition) is 3. The molecule has 1 aliphatic rings. The van der Waals surface area contributed by atoms with E-state index in [1.165, 1.54) is 11.6 Å². The van der Waals surface area contributed by atoms with Crippen LogP contribution in [0, 0.1) is 5.82 Å². The number of benzene rings is 2. The molecule has 0 aliphatic carbocycles. The van der Waals surface area contributed by atoms with E-state index in [-0.39, 0.29) is 12.4 Å². The number of para-hydroxylation sites is 1. The van der Waals surface area contributed by atoms with Crippen molar-refractivity contribution in [1.29, 1.82) is 0 Å². The fourth-order valence-electron chi connectivity index (χ4n) is 3.17. The van der Waals surface area contributed by atoms with Gasteiger partial charge in [0.1, 0.15) is 12.7 Å². The first kappa shape index (κ1) is 16.0. The first-order valence-corrected chi connectivity index (χ1v) is 8.08. The number of likely N-dealkylation sites (tertiary alicyclic amines) is 1. The number of rotatable bonds is 6. The van der Waals surface area contributed by atoms with Crippen molar-refractivity contribution < 1.29 is 14.2 Å². The van der Waals surface area contributed by atoms with Crippen LogP contribution in [-0.2, 0) is 0 Å². The molecular formula is C19H22FNO2. The predicted octanol–water partition coefficient (Wildman–Crippen LogP) is 3.40. The first-order chi connectivity index (χ1) is 11.2. The summed E-state index contributed by atoms with van der Waals surface area (Å²) in [5, 5.41) is 10.2. The number of β-amino-alcohol motifs (C(OH)–C–C–N with tert-alkyl or cyclic N) is 1. The molecule has 0 bridgehead atoms. The van der Waals surface area contributed by atoms with Crippen LogP contribution < -0.4 is 4.74 Å². The smallest absolute Gasteiger partial charge is 0.165 e. The second kappa shape index (κ2) is 7.57. The van der Waals surface area contributed by atoms with Gasteiger partial charge in [-0.05, 0) is 37.1 Å². The quantitative estimate of drug-likeness (QED) is 0.887. The maximum absolute atomic E-state index is 13.5. The van der Waals surface area contributed by atoms with Crippen LogP contribution in [0.1, 0.15) is 24.4 Å². The Kier molecular flexibility index (Phi) is 5.26. The lowest BCUT2D eigenvalue weighted by atomic mass is 10.0. The monoisotopic (exact) mass is 315 g/mol. The minimum atomic E-state index is -0.640. The van der Waals surface area contributed by atoms with E-state index in [2.05, 4.69) is 17.0 Å². The van der Waals surface area contributed by atoms with Crippen molar-refractivity contribution in [3.05, 3.63) is 66.0 Å². The Morgan fingerprint density at radius 1 is 1.13 bits per heavy atom. The van der Waals surface area contributed by atoms with Gasteiger partial charge >= 0.3 is 0 Å². The molecule has 1 heterocycles. The molecule has 0 radical (unpaired) electrons. The standard InChI is InChI=1S/C19H22FNO2/c20-17-9-4-5-11-19(17)23-14-16(22)13-21-12-6-10-18(21)15-7-2-1-3-8-15/h1-5,7-9,11,16,18,22H,6,10,12-14H2. The molecule has 4 heteroatoms. The van der Waals surface area contributed by atoms with Gasteiger partial charge in [-0.25, -0.2) is 4.39 Å². The molecule has 3 nitrogen and oxygen atoms in total. The average molecular weight is 315 g/mol. The van der Waals surface area contributed by atoms with Crippen LogP contribution in [0.15, 0.2) is 54.6 Å². The van der Waals surface area contributed by atoms with Gasteiger partial charge in [0.15, 0.2) is 11.6 Å². The number of halogens is 1. The molecule has 2 atom stereocenters. The maximum atomic E-state index is 13.5. The minimum absolute atomic E-state index is 0.0962. The van der Waals surface area contributed by atoms with Gasteiger partial charge in [0.05, 0.1) is 0 Å². The summed E-state index contributed by atoms with van der Waals surface area (Å²) in [6, 6.07) is 17.0. The summed E-state index contributed by atoms with van der Waals surface area (Å²) in [6.45, 7) is 1.60. The van der Waals surface area contributed by atoms with Crippen molar-refractivity contribution in [1.82, 2.24) is 4.90 Å². The Morgan fingerprint density at radius 2 is 1.87 bits per heavy atom. The van der Waals surface area contributed by atoms with Gasteiger partial charge < -0.3 is 9.84 Å². The number of aliphatic hydroxyl groups excluding tert-OH is 1. The van der Waals surface area contributed by atoms with Crippen LogP contribution in [0.25, 0.3) is 0 Å². The molecule has 122 valence electrons. The van der Waals surface area contributed by atoms with E-state index in [1.807, 2.05) is 18.2 Å². The molecule has 0 spiro atoms. The van der Waals surface area contributed by atoms with Gasteiger partial charge in [-0.2, -0.15) is 0 Å². The van der Waals surface area contributed by atoms with Crippen molar-refractivity contribution in [3.63, 3.8) is 0 Å². The summed E-state index contributed by atoms with van der Waals surface area (Å²) < 4.78 is 18.9. The van der Waals surface area contributed by atoms with Gasteiger partial charge in [-0.15, -0.1) is 0 Å². The Balaban J connectivity index is 1.55. The van der Waals surface area contributed by atoms with Gasteiger partial charge in [0.25, 0.3) is 0 Å². The van der Waals surface area contributed by atoms with Crippen LogP contribution in [0.4, 0.5) is 4.39 Å². The zero-order chi connectivity index (χ0) is 16.1. The molecule has 2 aromatic rings. The molecule has 1 N–H and O–H groups in total. The van der Waals surface area contributed by atoms with E-state index in [9.17, 15) is 9.50 Å².